The summed E-state index contributed by atoms with van der Waals surface area (Å²) in [6.45, 7) is 2.54. The van der Waals surface area contributed by atoms with Crippen LogP contribution in [0.25, 0.3) is 0 Å². The monoisotopic (exact) mass is 264 g/mol. The molecule has 0 saturated heterocycles. The van der Waals surface area contributed by atoms with Crippen LogP contribution in [0.3, 0.4) is 0 Å². The Morgan fingerprint density at radius 1 is 1.47 bits per heavy atom. The second kappa shape index (κ2) is 8.05. The van der Waals surface area contributed by atoms with E-state index in [4.69, 9.17) is 5.11 Å². The number of urea groups is 1. The molecule has 0 aromatic carbocycles. The zero-order chi connectivity index (χ0) is 13.4. The van der Waals surface area contributed by atoms with Crippen LogP contribution in [-0.4, -0.2) is 57.9 Å². The summed E-state index contributed by atoms with van der Waals surface area (Å²) in [5, 5.41) is 11.0. The summed E-state index contributed by atoms with van der Waals surface area (Å²) in [5.41, 5.74) is 0. The van der Waals surface area contributed by atoms with Crippen molar-refractivity contribution in [3.63, 3.8) is 0 Å². The number of carboxylic acids is 1. The number of carbonyl (C=O) groups excluding carboxylic acids is 1. The fourth-order valence-corrected chi connectivity index (χ4v) is 1.37. The van der Waals surface area contributed by atoms with Gasteiger partial charge in [-0.05, 0) is 13.3 Å². The van der Waals surface area contributed by atoms with E-state index in [1.54, 1.807) is 20.2 Å². The molecule has 0 rings (SSSR count). The largest absolute Gasteiger partial charge is 0.481 e. The molecule has 6 nitrogen and oxygen atoms in total. The minimum atomic E-state index is -0.962. The van der Waals surface area contributed by atoms with Crippen molar-refractivity contribution in [2.45, 2.75) is 25.0 Å². The summed E-state index contributed by atoms with van der Waals surface area (Å²) in [6, 6.07) is -0.271. The Morgan fingerprint density at radius 3 is 2.53 bits per heavy atom. The van der Waals surface area contributed by atoms with Gasteiger partial charge in [0.25, 0.3) is 0 Å². The van der Waals surface area contributed by atoms with E-state index in [1.165, 1.54) is 4.90 Å². The van der Waals surface area contributed by atoms with Crippen LogP contribution in [0.15, 0.2) is 0 Å². The molecule has 2 atom stereocenters. The van der Waals surface area contributed by atoms with Crippen LogP contribution in [0.4, 0.5) is 4.79 Å². The van der Waals surface area contributed by atoms with Crippen molar-refractivity contribution in [3.8, 4) is 0 Å². The van der Waals surface area contributed by atoms with Crippen molar-refractivity contribution in [3.05, 3.63) is 0 Å². The molecule has 0 spiro atoms. The van der Waals surface area contributed by atoms with Crippen molar-refractivity contribution < 1.29 is 18.9 Å². The average Bonchev–Trinajstić information content (AvgIpc) is 2.24. The normalized spacial score (nSPS) is 13.8. The third-order valence-electron chi connectivity index (χ3n) is 2.34. The summed E-state index contributed by atoms with van der Waals surface area (Å²) in [7, 11) is 0.639. The van der Waals surface area contributed by atoms with Crippen molar-refractivity contribution in [1.29, 1.82) is 0 Å². The second-order valence-corrected chi connectivity index (χ2v) is 5.72. The maximum atomic E-state index is 11.5. The molecule has 0 fully saturated rings. The van der Waals surface area contributed by atoms with Crippen molar-refractivity contribution in [1.82, 2.24) is 10.2 Å². The van der Waals surface area contributed by atoms with E-state index in [-0.39, 0.29) is 17.7 Å². The highest BCUT2D eigenvalue weighted by molar-refractivity contribution is 7.84. The van der Waals surface area contributed by atoms with Gasteiger partial charge in [0.1, 0.15) is 0 Å². The van der Waals surface area contributed by atoms with Gasteiger partial charge < -0.3 is 15.3 Å². The molecule has 0 aliphatic heterocycles. The predicted molar refractivity (Wildman–Crippen MR) is 66.4 cm³/mol. The van der Waals surface area contributed by atoms with Crippen molar-refractivity contribution in [2.75, 3.05) is 26.4 Å². The van der Waals surface area contributed by atoms with Crippen LogP contribution < -0.4 is 5.32 Å². The molecule has 0 radical (unpaired) electrons. The maximum Gasteiger partial charge on any atom is 0.317 e. The SMILES string of the molecule is CC(CNC(=O)N(C)CCCC(=O)O)S(C)=O. The molecule has 100 valence electrons. The number of carboxylic acid groups (broad SMARTS) is 1. The fourth-order valence-electron chi connectivity index (χ4n) is 1.05. The van der Waals surface area contributed by atoms with Crippen molar-refractivity contribution in [2.24, 2.45) is 0 Å². The highest BCUT2D eigenvalue weighted by Crippen LogP contribution is 1.95. The van der Waals surface area contributed by atoms with E-state index in [0.29, 0.717) is 19.5 Å². The van der Waals surface area contributed by atoms with Crippen LogP contribution in [0, 0.1) is 0 Å². The van der Waals surface area contributed by atoms with Gasteiger partial charge in [0.05, 0.1) is 0 Å². The van der Waals surface area contributed by atoms with Gasteiger partial charge in [-0.15, -0.1) is 0 Å². The Morgan fingerprint density at radius 2 is 2.06 bits per heavy atom. The first-order valence-electron chi connectivity index (χ1n) is 5.37. The number of nitrogens with one attached hydrogen (secondary N) is 1. The van der Waals surface area contributed by atoms with Crippen LogP contribution in [0.5, 0.6) is 0 Å². The number of amides is 2. The lowest BCUT2D eigenvalue weighted by Gasteiger charge is -2.18. The number of rotatable bonds is 7. The maximum absolute atomic E-state index is 11.5. The second-order valence-electron chi connectivity index (χ2n) is 3.91. The molecular weight excluding hydrogens is 244 g/mol. The first-order valence-corrected chi connectivity index (χ1v) is 6.99. The molecule has 17 heavy (non-hydrogen) atoms. The van der Waals surface area contributed by atoms with Crippen LogP contribution >= 0.6 is 0 Å². The van der Waals surface area contributed by atoms with Gasteiger partial charge in [0.2, 0.25) is 0 Å². The Kier molecular flexibility index (Phi) is 7.53. The zero-order valence-electron chi connectivity index (χ0n) is 10.4. The zero-order valence-corrected chi connectivity index (χ0v) is 11.2. The van der Waals surface area contributed by atoms with E-state index in [0.717, 1.165) is 0 Å². The summed E-state index contributed by atoms with van der Waals surface area (Å²) < 4.78 is 11.1. The highest BCUT2D eigenvalue weighted by Gasteiger charge is 2.11. The van der Waals surface area contributed by atoms with Crippen molar-refractivity contribution >= 4 is 22.8 Å². The molecular formula is C10H20N2O4S. The number of aliphatic carboxylic acids is 1. The predicted octanol–water partition coefficient (Wildman–Crippen LogP) is 0.260. The van der Waals surface area contributed by atoms with E-state index < -0.39 is 16.8 Å². The quantitative estimate of drug-likeness (QED) is 0.690. The molecule has 0 aromatic heterocycles. The summed E-state index contributed by atoms with van der Waals surface area (Å²) in [5.74, 6) is -0.867. The Labute approximate surface area is 104 Å². The Balaban J connectivity index is 3.82. The lowest BCUT2D eigenvalue weighted by Crippen LogP contribution is -2.41. The van der Waals surface area contributed by atoms with E-state index in [2.05, 4.69) is 5.32 Å². The van der Waals surface area contributed by atoms with Gasteiger partial charge in [0.15, 0.2) is 0 Å². The summed E-state index contributed by atoms with van der Waals surface area (Å²) in [4.78, 5) is 23.2. The Bertz CT molecular complexity index is 296. The highest BCUT2D eigenvalue weighted by atomic mass is 32.2. The lowest BCUT2D eigenvalue weighted by atomic mass is 10.3. The van der Waals surface area contributed by atoms with E-state index in [9.17, 15) is 13.8 Å². The molecule has 0 aromatic rings. The number of nitrogens with zero attached hydrogens (tertiary/aromatic N) is 1. The third kappa shape index (κ3) is 7.73. The molecule has 2 unspecified atom stereocenters. The molecule has 0 heterocycles. The number of hydrogen-bond acceptors (Lipinski definition) is 3. The lowest BCUT2D eigenvalue weighted by molar-refractivity contribution is -0.137. The topological polar surface area (TPSA) is 86.7 Å². The first-order chi connectivity index (χ1) is 7.84. The molecule has 0 aliphatic rings. The summed E-state index contributed by atoms with van der Waals surface area (Å²) >= 11 is 0. The molecule has 2 amide bonds. The van der Waals surface area contributed by atoms with Gasteiger partial charge in [-0.1, -0.05) is 0 Å². The molecule has 0 aliphatic carbocycles. The minimum absolute atomic E-state index is 0.0486. The van der Waals surface area contributed by atoms with Gasteiger partial charge in [-0.2, -0.15) is 0 Å². The Hall–Kier alpha value is -1.11. The average molecular weight is 264 g/mol. The van der Waals surface area contributed by atoms with Crippen LogP contribution in [0.2, 0.25) is 0 Å². The number of hydrogen-bond donors (Lipinski definition) is 2. The number of carbonyl (C=O) groups is 2. The summed E-state index contributed by atoms with van der Waals surface area (Å²) in [6.07, 6.45) is 2.06. The first kappa shape index (κ1) is 15.9. The molecule has 2 N–H and O–H groups in total. The van der Waals surface area contributed by atoms with Gasteiger partial charge >= 0.3 is 12.0 Å². The molecule has 0 saturated carbocycles. The van der Waals surface area contributed by atoms with E-state index in [1.807, 2.05) is 0 Å². The fraction of sp³-hybridized carbons (Fsp3) is 0.800. The van der Waals surface area contributed by atoms with Gasteiger partial charge in [-0.3, -0.25) is 9.00 Å². The van der Waals surface area contributed by atoms with Crippen LogP contribution in [0.1, 0.15) is 19.8 Å². The molecule has 0 bridgehead atoms. The standard InChI is InChI=1S/C10H20N2O4S/c1-8(17(3)16)7-11-10(15)12(2)6-4-5-9(13)14/h8H,4-7H2,1-3H3,(H,11,15)(H,13,14). The smallest absolute Gasteiger partial charge is 0.317 e. The third-order valence-corrected chi connectivity index (χ3v) is 3.64. The minimum Gasteiger partial charge on any atom is -0.481 e. The molecule has 7 heteroatoms. The van der Waals surface area contributed by atoms with Gasteiger partial charge in [0, 0.05) is 48.9 Å². The van der Waals surface area contributed by atoms with Crippen LogP contribution in [-0.2, 0) is 15.6 Å². The van der Waals surface area contributed by atoms with E-state index >= 15 is 0 Å². The van der Waals surface area contributed by atoms with Gasteiger partial charge in [-0.25, -0.2) is 4.79 Å².